The molecule has 3 aliphatic heterocycles. The lowest BCUT2D eigenvalue weighted by molar-refractivity contribution is -0.939. The second kappa shape index (κ2) is 9.03. The second-order valence-corrected chi connectivity index (χ2v) is 9.30. The number of piperazine rings is 3. The Kier molecular flexibility index (Phi) is 6.40. The smallest absolute Gasteiger partial charge is 0.319 e. The molecule has 1 aromatic carbocycles. The highest BCUT2D eigenvalue weighted by atomic mass is 35.5. The Morgan fingerprint density at radius 2 is 2.07 bits per heavy atom. The van der Waals surface area contributed by atoms with E-state index in [0.717, 1.165) is 30.0 Å². The fourth-order valence-electron chi connectivity index (χ4n) is 4.06. The molecular formula is C19H25ClN7O2S+. The number of nitrogens with zero attached hydrogens (tertiary/aromatic N) is 6. The molecule has 5 rings (SSSR count). The zero-order valence-corrected chi connectivity index (χ0v) is 18.4. The van der Waals surface area contributed by atoms with Crippen LogP contribution < -0.4 is 5.32 Å². The first-order chi connectivity index (χ1) is 14.4. The van der Waals surface area contributed by atoms with Gasteiger partial charge < -0.3 is 9.80 Å². The third kappa shape index (κ3) is 4.84. The van der Waals surface area contributed by atoms with Crippen LogP contribution >= 0.6 is 22.9 Å². The van der Waals surface area contributed by atoms with Crippen LogP contribution in [0.15, 0.2) is 34.6 Å². The van der Waals surface area contributed by atoms with E-state index in [0.29, 0.717) is 10.7 Å². The van der Waals surface area contributed by atoms with Crippen LogP contribution in [0.4, 0.5) is 15.8 Å². The summed E-state index contributed by atoms with van der Waals surface area (Å²) in [7, 11) is 0. The molecule has 1 unspecified atom stereocenters. The van der Waals surface area contributed by atoms with Crippen molar-refractivity contribution in [1.82, 2.24) is 15.2 Å². The topological polar surface area (TPSA) is 96.0 Å². The summed E-state index contributed by atoms with van der Waals surface area (Å²) in [6, 6.07) is 5.87. The lowest BCUT2D eigenvalue weighted by atomic mass is 10.1. The molecule has 3 aliphatic rings. The number of benzene rings is 1. The van der Waals surface area contributed by atoms with E-state index in [-0.39, 0.29) is 16.2 Å². The molecule has 160 valence electrons. The third-order valence-corrected chi connectivity index (χ3v) is 7.22. The van der Waals surface area contributed by atoms with Gasteiger partial charge in [0.15, 0.2) is 0 Å². The van der Waals surface area contributed by atoms with Crippen LogP contribution in [-0.4, -0.2) is 71.6 Å². The number of aromatic nitrogens is 1. The lowest BCUT2D eigenvalue weighted by Crippen LogP contribution is -2.68. The SMILES string of the molecule is CC(NCC[N+]12CCN(CC1)CC2)c1ccc(N=Nc2ncc([N+](=O)[O-])s2)c(Cl)c1. The summed E-state index contributed by atoms with van der Waals surface area (Å²) in [6.45, 7) is 11.8. The Morgan fingerprint density at radius 1 is 1.33 bits per heavy atom. The van der Waals surface area contributed by atoms with Crippen molar-refractivity contribution in [2.24, 2.45) is 10.2 Å². The molecule has 3 fully saturated rings. The van der Waals surface area contributed by atoms with Crippen LogP contribution in [0.2, 0.25) is 5.02 Å². The number of azo groups is 1. The minimum absolute atomic E-state index is 0.0674. The van der Waals surface area contributed by atoms with Crippen LogP contribution in [0.1, 0.15) is 18.5 Å². The zero-order chi connectivity index (χ0) is 21.1. The largest absolute Gasteiger partial charge is 0.345 e. The summed E-state index contributed by atoms with van der Waals surface area (Å²) in [6.07, 6.45) is 1.17. The quantitative estimate of drug-likeness (QED) is 0.284. The number of halogens is 1. The van der Waals surface area contributed by atoms with Gasteiger partial charge in [0.05, 0.1) is 36.1 Å². The Bertz CT molecular complexity index is 929. The molecule has 3 saturated heterocycles. The van der Waals surface area contributed by atoms with E-state index in [9.17, 15) is 10.1 Å². The Hall–Kier alpha value is -1.98. The summed E-state index contributed by atoms with van der Waals surface area (Å²) in [5.41, 5.74) is 1.60. The fraction of sp³-hybridized carbons (Fsp3) is 0.526. The Morgan fingerprint density at radius 3 is 2.70 bits per heavy atom. The zero-order valence-electron chi connectivity index (χ0n) is 16.8. The molecule has 2 aromatic rings. The number of rotatable bonds is 8. The van der Waals surface area contributed by atoms with E-state index in [1.54, 1.807) is 0 Å². The van der Waals surface area contributed by atoms with Gasteiger partial charge >= 0.3 is 5.00 Å². The average Bonchev–Trinajstić information content (AvgIpc) is 3.23. The molecule has 0 radical (unpaired) electrons. The van der Waals surface area contributed by atoms with Crippen molar-refractivity contribution < 1.29 is 9.41 Å². The van der Waals surface area contributed by atoms with Crippen molar-refractivity contribution in [3.63, 3.8) is 0 Å². The predicted octanol–water partition coefficient (Wildman–Crippen LogP) is 3.92. The highest BCUT2D eigenvalue weighted by Gasteiger charge is 2.37. The van der Waals surface area contributed by atoms with Gasteiger partial charge in [-0.25, -0.2) is 4.98 Å². The highest BCUT2D eigenvalue weighted by Crippen LogP contribution is 2.32. The van der Waals surface area contributed by atoms with Gasteiger partial charge in [-0.15, -0.1) is 10.2 Å². The maximum absolute atomic E-state index is 10.7. The van der Waals surface area contributed by atoms with E-state index in [4.69, 9.17) is 11.6 Å². The van der Waals surface area contributed by atoms with E-state index in [2.05, 4.69) is 32.4 Å². The molecule has 0 amide bonds. The van der Waals surface area contributed by atoms with Crippen molar-refractivity contribution in [1.29, 1.82) is 0 Å². The van der Waals surface area contributed by atoms with E-state index >= 15 is 0 Å². The molecule has 4 heterocycles. The molecule has 1 N–H and O–H groups in total. The molecule has 0 spiro atoms. The maximum atomic E-state index is 10.7. The van der Waals surface area contributed by atoms with E-state index in [1.807, 2.05) is 18.2 Å². The fourth-order valence-corrected chi connectivity index (χ4v) is 4.84. The lowest BCUT2D eigenvalue weighted by Gasteiger charge is -2.50. The van der Waals surface area contributed by atoms with Gasteiger partial charge in [0.1, 0.15) is 11.9 Å². The van der Waals surface area contributed by atoms with Crippen LogP contribution in [0.3, 0.4) is 0 Å². The third-order valence-electron chi connectivity index (χ3n) is 6.08. The molecule has 9 nitrogen and oxygen atoms in total. The van der Waals surface area contributed by atoms with Crippen molar-refractivity contribution in [2.45, 2.75) is 13.0 Å². The first-order valence-corrected chi connectivity index (χ1v) is 11.3. The first kappa shape index (κ1) is 21.3. The average molecular weight is 451 g/mol. The predicted molar refractivity (Wildman–Crippen MR) is 117 cm³/mol. The maximum Gasteiger partial charge on any atom is 0.345 e. The van der Waals surface area contributed by atoms with Gasteiger partial charge in [0.2, 0.25) is 5.13 Å². The number of hydrogen-bond donors (Lipinski definition) is 1. The van der Waals surface area contributed by atoms with Gasteiger partial charge in [-0.3, -0.25) is 15.0 Å². The van der Waals surface area contributed by atoms with E-state index < -0.39 is 4.92 Å². The Labute approximate surface area is 184 Å². The number of nitrogens with one attached hydrogen (secondary N) is 1. The molecule has 30 heavy (non-hydrogen) atoms. The standard InChI is InChI=1S/C19H25ClN7O2S/c1-14(21-4-8-27-9-5-25(6-10-27)7-11-27)15-2-3-17(16(20)12-15)23-24-19-22-13-18(30-19)26(28)29/h2-3,12-14,21H,4-11H2,1H3/q+1. The van der Waals surface area contributed by atoms with Crippen LogP contribution in [-0.2, 0) is 0 Å². The minimum atomic E-state index is -0.497. The normalized spacial score (nSPS) is 24.4. The monoisotopic (exact) mass is 450 g/mol. The first-order valence-electron chi connectivity index (χ1n) is 10.1. The van der Waals surface area contributed by atoms with Crippen molar-refractivity contribution >= 4 is 38.8 Å². The summed E-state index contributed by atoms with van der Waals surface area (Å²) < 4.78 is 1.24. The highest BCUT2D eigenvalue weighted by molar-refractivity contribution is 7.18. The number of quaternary nitrogens is 1. The van der Waals surface area contributed by atoms with Gasteiger partial charge in [-0.05, 0) is 36.0 Å². The van der Waals surface area contributed by atoms with Gasteiger partial charge in [0, 0.05) is 32.2 Å². The summed E-state index contributed by atoms with van der Waals surface area (Å²) in [5.74, 6) is 0. The van der Waals surface area contributed by atoms with Gasteiger partial charge in [-0.1, -0.05) is 17.7 Å². The summed E-state index contributed by atoms with van der Waals surface area (Å²) in [5, 5.41) is 23.0. The minimum Gasteiger partial charge on any atom is -0.319 e. The number of fused-ring (bicyclic) bond motifs is 3. The molecule has 2 bridgehead atoms. The van der Waals surface area contributed by atoms with Crippen molar-refractivity contribution in [3.05, 3.63) is 45.1 Å². The molecule has 1 atom stereocenters. The molecule has 1 aromatic heterocycles. The van der Waals surface area contributed by atoms with Crippen molar-refractivity contribution in [2.75, 3.05) is 52.4 Å². The summed E-state index contributed by atoms with van der Waals surface area (Å²) in [4.78, 5) is 16.7. The van der Waals surface area contributed by atoms with Gasteiger partial charge in [0.25, 0.3) is 0 Å². The molecule has 11 heteroatoms. The molecule has 0 aliphatic carbocycles. The van der Waals surface area contributed by atoms with Gasteiger partial charge in [-0.2, -0.15) is 0 Å². The number of hydrogen-bond acceptors (Lipinski definition) is 8. The Balaban J connectivity index is 1.32. The molecule has 0 saturated carbocycles. The van der Waals surface area contributed by atoms with Crippen molar-refractivity contribution in [3.8, 4) is 0 Å². The summed E-state index contributed by atoms with van der Waals surface area (Å²) >= 11 is 7.26. The number of thiazole rings is 1. The number of nitro groups is 1. The van der Waals surface area contributed by atoms with E-state index in [1.165, 1.54) is 49.9 Å². The molecular weight excluding hydrogens is 426 g/mol. The van der Waals surface area contributed by atoms with Crippen LogP contribution in [0.25, 0.3) is 0 Å². The van der Waals surface area contributed by atoms with Crippen LogP contribution in [0, 0.1) is 10.1 Å². The van der Waals surface area contributed by atoms with Crippen LogP contribution in [0.5, 0.6) is 0 Å². The second-order valence-electron chi connectivity index (χ2n) is 7.90.